The van der Waals surface area contributed by atoms with Gasteiger partial charge < -0.3 is 46.2 Å². The Labute approximate surface area is 760 Å². The molecule has 0 bridgehead atoms. The number of nitrogen functional groups attached to an aromatic ring is 1. The highest BCUT2D eigenvalue weighted by atomic mass is 79.9. The van der Waals surface area contributed by atoms with Crippen molar-refractivity contribution >= 4 is 186 Å². The summed E-state index contributed by atoms with van der Waals surface area (Å²) in [6, 6.07) is 40.2. The molecule has 0 atom stereocenters. The molecule has 1 fully saturated rings. The van der Waals surface area contributed by atoms with Gasteiger partial charge in [-0.25, -0.2) is 39.5 Å². The molecule has 34 heteroatoms. The van der Waals surface area contributed by atoms with Crippen LogP contribution in [0.2, 0.25) is 0 Å². The van der Waals surface area contributed by atoms with Crippen molar-refractivity contribution in [2.24, 2.45) is 5.73 Å². The third-order valence-electron chi connectivity index (χ3n) is 18.8. The molecule has 1 aliphatic rings. The minimum Gasteiger partial charge on any atom is -0.399 e. The van der Waals surface area contributed by atoms with Crippen LogP contribution in [0.15, 0.2) is 206 Å². The van der Waals surface area contributed by atoms with Gasteiger partial charge in [0.05, 0.1) is 74.5 Å². The number of nitrogens with zero attached hydrogens (tertiary/aromatic N) is 12. The zero-order valence-corrected chi connectivity index (χ0v) is 78.4. The molecule has 126 heavy (non-hydrogen) atoms. The summed E-state index contributed by atoms with van der Waals surface area (Å²) in [7, 11) is -0.388. The minimum atomic E-state index is -0.388. The Kier molecular flexibility index (Phi) is 33.9. The van der Waals surface area contributed by atoms with E-state index in [0.29, 0.717) is 44.9 Å². The third kappa shape index (κ3) is 28.2. The largest absolute Gasteiger partial charge is 0.494 e. The van der Waals surface area contributed by atoms with Crippen LogP contribution in [0, 0.1) is 34.6 Å². The van der Waals surface area contributed by atoms with Crippen LogP contribution in [-0.2, 0) is 28.4 Å². The highest BCUT2D eigenvalue weighted by Gasteiger charge is 2.51. The molecule has 5 aromatic carbocycles. The number of carbonyl (C=O) groups is 4. The minimum absolute atomic E-state index is 0.104. The van der Waals surface area contributed by atoms with Gasteiger partial charge in [-0.05, 0) is 272 Å². The summed E-state index contributed by atoms with van der Waals surface area (Å²) in [5.41, 5.74) is 30.1. The summed E-state index contributed by atoms with van der Waals surface area (Å²) in [6.07, 6.45) is 25.3. The second-order valence-electron chi connectivity index (χ2n) is 30.8. The number of hydrogen-bond acceptors (Lipinski definition) is 26. The number of nitrogens with one attached hydrogen (secondary N) is 5. The molecule has 27 nitrogen and oxygen atoms in total. The van der Waals surface area contributed by atoms with Gasteiger partial charge in [-0.2, -0.15) is 0 Å². The van der Waals surface area contributed by atoms with Crippen LogP contribution in [0.25, 0.3) is 95.6 Å². The van der Waals surface area contributed by atoms with E-state index >= 15 is 0 Å². The van der Waals surface area contributed by atoms with Gasteiger partial charge in [0, 0.05) is 135 Å². The zero-order valence-electron chi connectivity index (χ0n) is 72.7. The number of aryl methyl sites for hydroxylation is 5. The van der Waals surface area contributed by atoms with Crippen LogP contribution < -0.4 is 43.5 Å². The Morgan fingerprint density at radius 3 is 1.18 bits per heavy atom. The van der Waals surface area contributed by atoms with Crippen molar-refractivity contribution in [3.63, 3.8) is 0 Å². The number of thiazole rings is 5. The molecule has 0 spiro atoms. The number of aromatic nitrogens is 12. The molecule has 12 heterocycles. The number of imidazole rings is 1. The Morgan fingerprint density at radius 1 is 0.452 bits per heavy atom. The zero-order chi connectivity index (χ0) is 90.2. The van der Waals surface area contributed by atoms with E-state index in [0.717, 1.165) is 154 Å². The smallest absolute Gasteiger partial charge is 0.399 e. The standard InChI is InChI=1S/C20H24N4O2S.C17H13N5OS.C15H19BN2O3S.C15H13N3OS.C13H11N3S.C6H6BrN.C6H15NO/c1-13(2)26-8-4-7-22-19(25)24-20-23-17-6-5-15(10-18(17)27-20)16-9-14(3)11-21-12-16;1-11-6-13(9-19-8-11)12-2-3-14-15(7-12)24-16(20-14)21-17(23)22-5-4-18-10-22;1-9(19)17-13-18-11-7-6-10(8-12(11)22-13)16-20-14(2,3)15(4,5)21-16;1-9-5-12(8-16-7-9)11-3-4-13-14(6-11)20-15(18-13)17-10(2)19;1-8-4-10(7-15-6-8)9-2-3-11-12(5-9)17-13(14)16-11;1-5-2-6(7)4-8-3-5;1-6(2)8-5-3-4-7/h5-6,9-13H,4,7-8H2,1-3H3,(H2,22,23,24,25);2-10H,1H3,(H,20,21,23);6-8H,1-5H3,(H,17,18,19);3-8H,1-2H3,(H,17,18,19);2-7H,1H3,(H2,14,16);2-4H,1H3;6H,3-5,7H2,1-2H3. The number of rotatable bonds is 18. The van der Waals surface area contributed by atoms with Crippen LogP contribution in [0.1, 0.15) is 110 Å². The van der Waals surface area contributed by atoms with Crippen LogP contribution in [0.3, 0.4) is 0 Å². The molecule has 0 unspecified atom stereocenters. The number of anilines is 5. The highest BCUT2D eigenvalue weighted by molar-refractivity contribution is 9.10. The van der Waals surface area contributed by atoms with Crippen LogP contribution in [0.5, 0.6) is 0 Å². The Hall–Kier alpha value is -11.7. The van der Waals surface area contributed by atoms with Crippen molar-refractivity contribution < 1.29 is 38.0 Å². The van der Waals surface area contributed by atoms with Gasteiger partial charge in [-0.3, -0.25) is 49.7 Å². The second kappa shape index (κ2) is 45.0. The van der Waals surface area contributed by atoms with Crippen LogP contribution >= 0.6 is 72.6 Å². The third-order valence-corrected chi connectivity index (χ3v) is 23.8. The van der Waals surface area contributed by atoms with Crippen LogP contribution in [0.4, 0.5) is 35.2 Å². The van der Waals surface area contributed by atoms with Gasteiger partial charge in [0.25, 0.3) is 0 Å². The van der Waals surface area contributed by atoms with Crippen LogP contribution in [-0.4, -0.2) is 140 Å². The van der Waals surface area contributed by atoms with E-state index in [4.69, 9.17) is 30.2 Å². The maximum absolute atomic E-state index is 12.0. The lowest BCUT2D eigenvalue weighted by Crippen LogP contribution is -2.41. The number of carbonyl (C=O) groups excluding carboxylic acids is 4. The molecule has 0 saturated carbocycles. The van der Waals surface area contributed by atoms with Crippen molar-refractivity contribution in [2.75, 3.05) is 53.3 Å². The second-order valence-corrected chi connectivity index (χ2v) is 36.9. The van der Waals surface area contributed by atoms with Gasteiger partial charge in [0.2, 0.25) is 11.8 Å². The van der Waals surface area contributed by atoms with Gasteiger partial charge in [-0.1, -0.05) is 87.0 Å². The number of pyridine rings is 5. The molecule has 5 amide bonds. The monoisotopic (exact) mass is 1850 g/mol. The van der Waals surface area contributed by atoms with Gasteiger partial charge >= 0.3 is 19.2 Å². The number of urea groups is 1. The summed E-state index contributed by atoms with van der Waals surface area (Å²) < 4.78 is 30.4. The maximum atomic E-state index is 12.0. The predicted octanol–water partition coefficient (Wildman–Crippen LogP) is 20.9. The SMILES string of the molecule is CC(=O)Nc1nc2ccc(-c3cncc(C)c3)cc2s1.CC(=O)Nc1nc2ccc(B3OC(C)(C)C(C)(C)O3)cc2s1.CC(C)OCCCN.Cc1cncc(-c2ccc3nc(N)sc3c2)c1.Cc1cncc(-c2ccc3nc(NC(=O)NCCCOC(C)C)sc3c2)c1.Cc1cncc(-c2ccc3nc(NC(=O)n4ccnc4)sc3c2)c1.Cc1cncc(Br)c1. The molecule has 1 saturated heterocycles. The molecule has 0 aliphatic carbocycles. The Bertz CT molecular complexity index is 6340. The highest BCUT2D eigenvalue weighted by Crippen LogP contribution is 2.39. The molecular weight excluding hydrogens is 1750 g/mol. The van der Waals surface area contributed by atoms with E-state index < -0.39 is 0 Å². The predicted molar refractivity (Wildman–Crippen MR) is 520 cm³/mol. The average Bonchev–Trinajstić information content (AvgIpc) is 1.61. The number of halogens is 1. The lowest BCUT2D eigenvalue weighted by molar-refractivity contribution is -0.115. The van der Waals surface area contributed by atoms with Crippen molar-refractivity contribution in [2.45, 2.75) is 140 Å². The molecule has 9 N–H and O–H groups in total. The molecule has 16 aromatic rings. The van der Waals surface area contributed by atoms with Crippen molar-refractivity contribution in [3.05, 3.63) is 234 Å². The number of nitrogens with two attached hydrogens (primary N) is 2. The van der Waals surface area contributed by atoms with Gasteiger partial charge in [0.1, 0.15) is 6.33 Å². The van der Waals surface area contributed by atoms with E-state index in [-0.39, 0.29) is 48.3 Å². The summed E-state index contributed by atoms with van der Waals surface area (Å²) in [4.78, 5) is 92.9. The topological polar surface area (TPSA) is 364 Å². The summed E-state index contributed by atoms with van der Waals surface area (Å²) in [5.74, 6) is -0.225. The number of ether oxygens (including phenoxy) is 2. The van der Waals surface area contributed by atoms with E-state index in [1.54, 1.807) is 18.6 Å². The quantitative estimate of drug-likeness (QED) is 0.0310. The average molecular weight is 1850 g/mol. The fourth-order valence-corrected chi connectivity index (χ4v) is 17.0. The van der Waals surface area contributed by atoms with E-state index in [2.05, 4.69) is 152 Å². The first kappa shape index (κ1) is 95.0. The normalized spacial score (nSPS) is 12.3. The number of amides is 5. The molecule has 0 radical (unpaired) electrons. The summed E-state index contributed by atoms with van der Waals surface area (Å²) in [5, 5.41) is 16.8. The Morgan fingerprint density at radius 2 is 0.817 bits per heavy atom. The van der Waals surface area contributed by atoms with E-state index in [1.807, 2.05) is 213 Å². The first-order chi connectivity index (χ1) is 60.3. The number of fused-ring (bicyclic) bond motifs is 5. The van der Waals surface area contributed by atoms with E-state index in [1.165, 1.54) is 87.0 Å². The maximum Gasteiger partial charge on any atom is 0.494 e. The first-order valence-corrected chi connectivity index (χ1v) is 45.4. The lowest BCUT2D eigenvalue weighted by atomic mass is 9.79. The summed E-state index contributed by atoms with van der Waals surface area (Å²) in [6.45, 7) is 32.0. The molecule has 11 aromatic heterocycles. The number of hydrogen-bond donors (Lipinski definition) is 7. The number of benzene rings is 5. The fraction of sp³-hybridized carbons (Fsp3) is 0.272. The van der Waals surface area contributed by atoms with E-state index in [9.17, 15) is 19.2 Å². The fourth-order valence-electron chi connectivity index (χ4n) is 12.1. The van der Waals surface area contributed by atoms with Gasteiger partial charge in [-0.15, -0.1) is 0 Å². The molecule has 1 aliphatic heterocycles. The van der Waals surface area contributed by atoms with Crippen molar-refractivity contribution in [3.8, 4) is 44.5 Å². The van der Waals surface area contributed by atoms with Gasteiger partial charge in [0.15, 0.2) is 25.7 Å². The molecule has 17 rings (SSSR count). The Balaban J connectivity index is 0.000000147. The molecular formula is C92H101BBrN19O8S5. The van der Waals surface area contributed by atoms with Crippen molar-refractivity contribution in [1.29, 1.82) is 0 Å². The molecule has 652 valence electrons. The first-order valence-electron chi connectivity index (χ1n) is 40.5. The summed E-state index contributed by atoms with van der Waals surface area (Å²) >= 11 is 10.6. The van der Waals surface area contributed by atoms with Crippen molar-refractivity contribution in [1.82, 2.24) is 64.7 Å². The lowest BCUT2D eigenvalue weighted by Gasteiger charge is -2.32.